The maximum atomic E-state index is 9.01. The van der Waals surface area contributed by atoms with Gasteiger partial charge in [-0.25, -0.2) is 0 Å². The van der Waals surface area contributed by atoms with E-state index in [0.717, 1.165) is 22.4 Å². The van der Waals surface area contributed by atoms with Crippen LogP contribution in [0.5, 0.6) is 11.5 Å². The van der Waals surface area contributed by atoms with Crippen molar-refractivity contribution in [1.82, 2.24) is 4.98 Å². The van der Waals surface area contributed by atoms with Crippen LogP contribution in [0.3, 0.4) is 0 Å². The van der Waals surface area contributed by atoms with E-state index in [4.69, 9.17) is 20.0 Å². The molecule has 0 fully saturated rings. The monoisotopic (exact) mass is 369 g/mol. The number of aryl methyl sites for hydroxylation is 1. The van der Waals surface area contributed by atoms with E-state index in [1.807, 2.05) is 32.0 Å². The van der Waals surface area contributed by atoms with E-state index in [1.165, 1.54) is 0 Å². The highest BCUT2D eigenvalue weighted by Gasteiger charge is 2.11. The number of ether oxygens (including phenoxy) is 2. The molecule has 0 saturated heterocycles. The molecule has 138 valence electrons. The van der Waals surface area contributed by atoms with Crippen LogP contribution in [-0.4, -0.2) is 4.98 Å². The van der Waals surface area contributed by atoms with Crippen LogP contribution in [-0.2, 0) is 13.2 Å². The SMILES string of the molecule is Cc1ncc(OCc2cccc(C#N)c2)c(C)c1COc1ccc(C#N)cc1. The molecule has 0 bridgehead atoms. The van der Waals surface area contributed by atoms with Gasteiger partial charge < -0.3 is 9.47 Å². The summed E-state index contributed by atoms with van der Waals surface area (Å²) in [6, 6.07) is 18.6. The lowest BCUT2D eigenvalue weighted by Crippen LogP contribution is -2.06. The fourth-order valence-electron chi connectivity index (χ4n) is 2.78. The molecule has 0 amide bonds. The first-order chi connectivity index (χ1) is 13.6. The zero-order chi connectivity index (χ0) is 19.9. The van der Waals surface area contributed by atoms with Gasteiger partial charge in [-0.3, -0.25) is 4.98 Å². The van der Waals surface area contributed by atoms with Crippen LogP contribution in [0.25, 0.3) is 0 Å². The number of aromatic nitrogens is 1. The number of hydrogen-bond acceptors (Lipinski definition) is 5. The van der Waals surface area contributed by atoms with Crippen molar-refractivity contribution in [2.45, 2.75) is 27.1 Å². The summed E-state index contributed by atoms with van der Waals surface area (Å²) in [5.41, 5.74) is 4.94. The molecule has 0 atom stereocenters. The Labute approximate surface area is 164 Å². The van der Waals surface area contributed by atoms with Gasteiger partial charge in [0.25, 0.3) is 0 Å². The second-order valence-corrected chi connectivity index (χ2v) is 6.34. The van der Waals surface area contributed by atoms with Gasteiger partial charge in [0, 0.05) is 16.8 Å². The van der Waals surface area contributed by atoms with Gasteiger partial charge in [0.15, 0.2) is 0 Å². The van der Waals surface area contributed by atoms with E-state index >= 15 is 0 Å². The molecule has 1 heterocycles. The lowest BCUT2D eigenvalue weighted by Gasteiger charge is -2.15. The summed E-state index contributed by atoms with van der Waals surface area (Å²) in [5, 5.41) is 17.9. The van der Waals surface area contributed by atoms with Crippen LogP contribution in [0, 0.1) is 36.5 Å². The summed E-state index contributed by atoms with van der Waals surface area (Å²) in [6.07, 6.45) is 1.71. The molecule has 3 aromatic rings. The fraction of sp³-hybridized carbons (Fsp3) is 0.174. The normalized spacial score (nSPS) is 10.0. The Morgan fingerprint density at radius 3 is 2.36 bits per heavy atom. The van der Waals surface area contributed by atoms with Crippen LogP contribution >= 0.6 is 0 Å². The van der Waals surface area contributed by atoms with E-state index in [-0.39, 0.29) is 0 Å². The number of rotatable bonds is 6. The van der Waals surface area contributed by atoms with Crippen LogP contribution in [0.15, 0.2) is 54.7 Å². The van der Waals surface area contributed by atoms with Crippen molar-refractivity contribution >= 4 is 0 Å². The average Bonchev–Trinajstić information content (AvgIpc) is 2.73. The van der Waals surface area contributed by atoms with Crippen molar-refractivity contribution in [3.63, 3.8) is 0 Å². The number of nitrogens with zero attached hydrogens (tertiary/aromatic N) is 3. The van der Waals surface area contributed by atoms with Crippen LogP contribution in [0.2, 0.25) is 0 Å². The van der Waals surface area contributed by atoms with Crippen molar-refractivity contribution in [2.24, 2.45) is 0 Å². The smallest absolute Gasteiger partial charge is 0.141 e. The van der Waals surface area contributed by atoms with Gasteiger partial charge in [0.05, 0.1) is 29.5 Å². The summed E-state index contributed by atoms with van der Waals surface area (Å²) in [7, 11) is 0. The fourth-order valence-corrected chi connectivity index (χ4v) is 2.78. The maximum absolute atomic E-state index is 9.01. The molecule has 0 aliphatic carbocycles. The van der Waals surface area contributed by atoms with Gasteiger partial charge in [-0.05, 0) is 55.8 Å². The quantitative estimate of drug-likeness (QED) is 0.634. The van der Waals surface area contributed by atoms with Gasteiger partial charge in [0.2, 0.25) is 0 Å². The first-order valence-electron chi connectivity index (χ1n) is 8.80. The van der Waals surface area contributed by atoms with Crippen LogP contribution in [0.1, 0.15) is 33.5 Å². The van der Waals surface area contributed by atoms with E-state index in [1.54, 1.807) is 36.5 Å². The molecule has 5 nitrogen and oxygen atoms in total. The number of pyridine rings is 1. The van der Waals surface area contributed by atoms with Crippen molar-refractivity contribution in [3.8, 4) is 23.6 Å². The largest absolute Gasteiger partial charge is 0.489 e. The van der Waals surface area contributed by atoms with E-state index < -0.39 is 0 Å². The van der Waals surface area contributed by atoms with Crippen LogP contribution < -0.4 is 9.47 Å². The molecule has 0 radical (unpaired) electrons. The molecule has 0 N–H and O–H groups in total. The average molecular weight is 369 g/mol. The molecule has 0 aliphatic rings. The minimum Gasteiger partial charge on any atom is -0.489 e. The lowest BCUT2D eigenvalue weighted by atomic mass is 10.1. The first kappa shape index (κ1) is 18.9. The number of hydrogen-bond donors (Lipinski definition) is 0. The van der Waals surface area contributed by atoms with Gasteiger partial charge in [-0.2, -0.15) is 10.5 Å². The second-order valence-electron chi connectivity index (χ2n) is 6.34. The molecule has 5 heteroatoms. The molecule has 28 heavy (non-hydrogen) atoms. The predicted octanol–water partition coefficient (Wildman–Crippen LogP) is 4.60. The first-order valence-corrected chi connectivity index (χ1v) is 8.80. The third-order valence-corrected chi connectivity index (χ3v) is 4.45. The summed E-state index contributed by atoms with van der Waals surface area (Å²) >= 11 is 0. The minimum absolute atomic E-state index is 0.358. The third-order valence-electron chi connectivity index (χ3n) is 4.45. The highest BCUT2D eigenvalue weighted by Crippen LogP contribution is 2.25. The Morgan fingerprint density at radius 1 is 0.893 bits per heavy atom. The van der Waals surface area contributed by atoms with Gasteiger partial charge >= 0.3 is 0 Å². The molecule has 1 aromatic heterocycles. The maximum Gasteiger partial charge on any atom is 0.141 e. The molecular formula is C23H19N3O2. The molecule has 0 aliphatic heterocycles. The Morgan fingerprint density at radius 2 is 1.64 bits per heavy atom. The van der Waals surface area contributed by atoms with Crippen molar-refractivity contribution in [1.29, 1.82) is 10.5 Å². The number of nitriles is 2. The van der Waals surface area contributed by atoms with Crippen molar-refractivity contribution < 1.29 is 9.47 Å². The highest BCUT2D eigenvalue weighted by molar-refractivity contribution is 5.40. The minimum atomic E-state index is 0.358. The standard InChI is InChI=1S/C23H19N3O2/c1-16-22(15-27-21-8-6-18(11-24)7-9-21)17(2)26-13-23(16)28-14-20-5-3-4-19(10-20)12-25/h3-10,13H,14-15H2,1-2H3. The van der Waals surface area contributed by atoms with Gasteiger partial charge in [0.1, 0.15) is 24.7 Å². The molecule has 0 spiro atoms. The lowest BCUT2D eigenvalue weighted by molar-refractivity contribution is 0.290. The Bertz CT molecular complexity index is 1060. The van der Waals surface area contributed by atoms with Crippen LogP contribution in [0.4, 0.5) is 0 Å². The highest BCUT2D eigenvalue weighted by atomic mass is 16.5. The Kier molecular flexibility index (Phi) is 5.89. The van der Waals surface area contributed by atoms with E-state index in [9.17, 15) is 0 Å². The molecule has 2 aromatic carbocycles. The topological polar surface area (TPSA) is 78.9 Å². The molecule has 3 rings (SSSR count). The van der Waals surface area contributed by atoms with E-state index in [2.05, 4.69) is 17.1 Å². The number of benzene rings is 2. The Hall–Kier alpha value is -3.83. The zero-order valence-electron chi connectivity index (χ0n) is 15.8. The van der Waals surface area contributed by atoms with Crippen molar-refractivity contribution in [2.75, 3.05) is 0 Å². The Balaban J connectivity index is 1.72. The summed E-state index contributed by atoms with van der Waals surface area (Å²) in [5.74, 6) is 1.38. The van der Waals surface area contributed by atoms with Gasteiger partial charge in [-0.15, -0.1) is 0 Å². The van der Waals surface area contributed by atoms with Gasteiger partial charge in [-0.1, -0.05) is 12.1 Å². The molecule has 0 saturated carbocycles. The van der Waals surface area contributed by atoms with E-state index in [0.29, 0.717) is 35.8 Å². The zero-order valence-corrected chi connectivity index (χ0v) is 15.8. The second kappa shape index (κ2) is 8.70. The predicted molar refractivity (Wildman–Crippen MR) is 105 cm³/mol. The van der Waals surface area contributed by atoms with Crippen molar-refractivity contribution in [3.05, 3.63) is 88.2 Å². The summed E-state index contributed by atoms with van der Waals surface area (Å²) in [6.45, 7) is 4.63. The molecular weight excluding hydrogens is 350 g/mol. The summed E-state index contributed by atoms with van der Waals surface area (Å²) < 4.78 is 11.8. The summed E-state index contributed by atoms with van der Waals surface area (Å²) in [4.78, 5) is 4.43. The molecule has 0 unspecified atom stereocenters. The third kappa shape index (κ3) is 4.47.